The Morgan fingerprint density at radius 1 is 0.810 bits per heavy atom. The molecule has 3 aromatic carbocycles. The molecule has 42 heavy (non-hydrogen) atoms. The fourth-order valence-corrected chi connectivity index (χ4v) is 4.85. The minimum atomic E-state index is -4.68. The minimum Gasteiger partial charge on any atom is -0.459 e. The molecule has 0 aliphatic carbocycles. The second-order valence-corrected chi connectivity index (χ2v) is 10.5. The number of amides is 3. The molecular weight excluding hydrogens is 577 g/mol. The van der Waals surface area contributed by atoms with E-state index >= 15 is 0 Å². The largest absolute Gasteiger partial charge is 0.459 e. The average Bonchev–Trinajstić information content (AvgIpc) is 3.51. The molecule has 10 nitrogen and oxygen atoms in total. The van der Waals surface area contributed by atoms with E-state index in [9.17, 15) is 36.0 Å². The zero-order valence-electron chi connectivity index (χ0n) is 21.5. The van der Waals surface area contributed by atoms with E-state index in [2.05, 4.69) is 20.9 Å². The van der Waals surface area contributed by atoms with Crippen LogP contribution in [0.2, 0.25) is 0 Å². The number of hydrogen-bond donors (Lipinski definition) is 4. The van der Waals surface area contributed by atoms with Gasteiger partial charge in [-0.2, -0.15) is 13.2 Å². The van der Waals surface area contributed by atoms with E-state index in [1.54, 1.807) is 30.3 Å². The molecule has 0 aliphatic heterocycles. The first-order valence-electron chi connectivity index (χ1n) is 12.2. The maximum Gasteiger partial charge on any atom is 0.416 e. The summed E-state index contributed by atoms with van der Waals surface area (Å²) in [5.41, 5.74) is 3.56. The van der Waals surface area contributed by atoms with Gasteiger partial charge in [0.15, 0.2) is 5.76 Å². The van der Waals surface area contributed by atoms with Gasteiger partial charge in [0.05, 0.1) is 16.7 Å². The molecule has 0 saturated carbocycles. The number of halogens is 3. The first-order chi connectivity index (χ1) is 19.9. The van der Waals surface area contributed by atoms with Gasteiger partial charge in [0.1, 0.15) is 6.04 Å². The Bertz CT molecular complexity index is 1680. The average molecular weight is 601 g/mol. The van der Waals surface area contributed by atoms with Crippen LogP contribution in [0.4, 0.5) is 18.9 Å². The summed E-state index contributed by atoms with van der Waals surface area (Å²) in [6.45, 7) is 0. The zero-order valence-corrected chi connectivity index (χ0v) is 22.3. The number of anilines is 1. The SMILES string of the molecule is O=C(NNC(=O)[C@@H](Cc1ccccc1)NC(=O)c1ccco1)c1cccc(S(=O)(=O)Nc2cccc(C(F)(F)F)c2)c1. The normalized spacial score (nSPS) is 12.2. The van der Waals surface area contributed by atoms with Gasteiger partial charge in [0.25, 0.3) is 27.7 Å². The lowest BCUT2D eigenvalue weighted by atomic mass is 10.1. The molecule has 0 bridgehead atoms. The summed E-state index contributed by atoms with van der Waals surface area (Å²) < 4.78 is 71.8. The van der Waals surface area contributed by atoms with Gasteiger partial charge >= 0.3 is 6.18 Å². The lowest BCUT2D eigenvalue weighted by molar-refractivity contribution is -0.137. The van der Waals surface area contributed by atoms with Crippen molar-refractivity contribution in [3.8, 4) is 0 Å². The maximum atomic E-state index is 13.0. The second kappa shape index (κ2) is 12.6. The number of benzene rings is 3. The highest BCUT2D eigenvalue weighted by Gasteiger charge is 2.31. The molecule has 0 unspecified atom stereocenters. The van der Waals surface area contributed by atoms with Crippen molar-refractivity contribution in [1.82, 2.24) is 16.2 Å². The lowest BCUT2D eigenvalue weighted by Crippen LogP contribution is -2.53. The van der Waals surface area contributed by atoms with Crippen LogP contribution < -0.4 is 20.9 Å². The molecule has 0 aliphatic rings. The van der Waals surface area contributed by atoms with E-state index < -0.39 is 50.4 Å². The van der Waals surface area contributed by atoms with E-state index in [-0.39, 0.29) is 23.4 Å². The first kappa shape index (κ1) is 29.9. The molecule has 1 aromatic heterocycles. The molecule has 0 fully saturated rings. The third kappa shape index (κ3) is 7.75. The summed E-state index contributed by atoms with van der Waals surface area (Å²) in [5.74, 6) is -2.35. The van der Waals surface area contributed by atoms with Gasteiger partial charge in [-0.05, 0) is 54.1 Å². The quantitative estimate of drug-likeness (QED) is 0.214. The van der Waals surface area contributed by atoms with E-state index in [0.717, 1.165) is 35.9 Å². The standard InChI is InChI=1S/C28H23F3N4O6S/c29-28(30,31)20-10-5-11-21(17-20)35-42(39,40)22-12-4-9-19(16-22)25(36)33-34-26(37)23(15-18-7-2-1-3-8-18)32-27(38)24-13-6-14-41-24/h1-14,16-17,23,35H,15H2,(H,32,38)(H,33,36)(H,34,37)/t23-/m1/s1. The highest BCUT2D eigenvalue weighted by molar-refractivity contribution is 7.92. The smallest absolute Gasteiger partial charge is 0.416 e. The molecule has 0 spiro atoms. The molecule has 1 heterocycles. The molecule has 3 amide bonds. The van der Waals surface area contributed by atoms with Crippen LogP contribution in [-0.2, 0) is 27.4 Å². The van der Waals surface area contributed by atoms with Crippen LogP contribution >= 0.6 is 0 Å². The van der Waals surface area contributed by atoms with Gasteiger partial charge in [0.2, 0.25) is 0 Å². The van der Waals surface area contributed by atoms with Crippen molar-refractivity contribution < 1.29 is 40.4 Å². The third-order valence-electron chi connectivity index (χ3n) is 5.80. The van der Waals surface area contributed by atoms with Gasteiger partial charge in [-0.15, -0.1) is 0 Å². The fraction of sp³-hybridized carbons (Fsp3) is 0.107. The summed E-state index contributed by atoms with van der Waals surface area (Å²) >= 11 is 0. The van der Waals surface area contributed by atoms with Gasteiger partial charge in [-0.25, -0.2) is 8.42 Å². The van der Waals surface area contributed by atoms with E-state index in [1.165, 1.54) is 30.5 Å². The number of alkyl halides is 3. The Hall–Kier alpha value is -5.11. The monoisotopic (exact) mass is 600 g/mol. The van der Waals surface area contributed by atoms with Crippen molar-refractivity contribution in [2.75, 3.05) is 4.72 Å². The third-order valence-corrected chi connectivity index (χ3v) is 7.18. The highest BCUT2D eigenvalue weighted by atomic mass is 32.2. The van der Waals surface area contributed by atoms with Crippen LogP contribution in [0.5, 0.6) is 0 Å². The molecule has 0 radical (unpaired) electrons. The molecular formula is C28H23F3N4O6S. The van der Waals surface area contributed by atoms with Crippen molar-refractivity contribution in [3.63, 3.8) is 0 Å². The van der Waals surface area contributed by atoms with Crippen molar-refractivity contribution >= 4 is 33.4 Å². The predicted octanol–water partition coefficient (Wildman–Crippen LogP) is 3.90. The minimum absolute atomic E-state index is 0.0262. The van der Waals surface area contributed by atoms with Crippen molar-refractivity contribution in [1.29, 1.82) is 0 Å². The van der Waals surface area contributed by atoms with Crippen LogP contribution in [0.25, 0.3) is 0 Å². The lowest BCUT2D eigenvalue weighted by Gasteiger charge is -2.18. The topological polar surface area (TPSA) is 147 Å². The molecule has 1 atom stereocenters. The van der Waals surface area contributed by atoms with Gasteiger partial charge in [-0.1, -0.05) is 42.5 Å². The first-order valence-corrected chi connectivity index (χ1v) is 13.7. The van der Waals surface area contributed by atoms with Crippen LogP contribution in [0, 0.1) is 0 Å². The van der Waals surface area contributed by atoms with Gasteiger partial charge < -0.3 is 9.73 Å². The molecule has 4 aromatic rings. The number of carbonyl (C=O) groups excluding carboxylic acids is 3. The maximum absolute atomic E-state index is 13.0. The number of nitrogens with one attached hydrogen (secondary N) is 4. The number of hydrazine groups is 1. The zero-order chi connectivity index (χ0) is 30.3. The second-order valence-electron chi connectivity index (χ2n) is 8.85. The van der Waals surface area contributed by atoms with Crippen molar-refractivity contribution in [2.45, 2.75) is 23.5 Å². The van der Waals surface area contributed by atoms with Crippen LogP contribution in [0.3, 0.4) is 0 Å². The number of hydrogen-bond acceptors (Lipinski definition) is 6. The predicted molar refractivity (Wildman–Crippen MR) is 144 cm³/mol. The number of furan rings is 1. The molecule has 14 heteroatoms. The fourth-order valence-electron chi connectivity index (χ4n) is 3.75. The van der Waals surface area contributed by atoms with E-state index in [0.29, 0.717) is 6.07 Å². The Morgan fingerprint density at radius 2 is 1.55 bits per heavy atom. The van der Waals surface area contributed by atoms with Crippen molar-refractivity contribution in [3.05, 3.63) is 120 Å². The van der Waals surface area contributed by atoms with Gasteiger partial charge in [0, 0.05) is 17.7 Å². The highest BCUT2D eigenvalue weighted by Crippen LogP contribution is 2.31. The van der Waals surface area contributed by atoms with Crippen molar-refractivity contribution in [2.24, 2.45) is 0 Å². The summed E-state index contributed by atoms with van der Waals surface area (Å²) in [6.07, 6.45) is -3.31. The molecule has 218 valence electrons. The van der Waals surface area contributed by atoms with Crippen LogP contribution in [0.15, 0.2) is 107 Å². The summed E-state index contributed by atoms with van der Waals surface area (Å²) in [7, 11) is -4.39. The Balaban J connectivity index is 1.44. The van der Waals surface area contributed by atoms with Gasteiger partial charge in [-0.3, -0.25) is 30.0 Å². The Labute approximate surface area is 237 Å². The molecule has 4 N–H and O–H groups in total. The number of carbonyl (C=O) groups is 3. The van der Waals surface area contributed by atoms with Crippen LogP contribution in [-0.4, -0.2) is 32.2 Å². The summed E-state index contributed by atoms with van der Waals surface area (Å²) in [5, 5.41) is 2.54. The molecule has 0 saturated heterocycles. The van der Waals surface area contributed by atoms with E-state index in [1.807, 2.05) is 0 Å². The molecule has 4 rings (SSSR count). The summed E-state index contributed by atoms with van der Waals surface area (Å²) in [6, 6.07) is 18.9. The summed E-state index contributed by atoms with van der Waals surface area (Å²) in [4.78, 5) is 37.8. The van der Waals surface area contributed by atoms with Crippen LogP contribution in [0.1, 0.15) is 32.0 Å². The number of sulfonamides is 1. The van der Waals surface area contributed by atoms with E-state index in [4.69, 9.17) is 4.42 Å². The Morgan fingerprint density at radius 3 is 2.24 bits per heavy atom. The number of rotatable bonds is 9. The Kier molecular flexibility index (Phi) is 8.96.